The Labute approximate surface area is 152 Å². The lowest BCUT2D eigenvalue weighted by Crippen LogP contribution is -1.96. The molecule has 10 heteroatoms. The predicted octanol–water partition coefficient (Wildman–Crippen LogP) is 3.65. The lowest BCUT2D eigenvalue weighted by Gasteiger charge is -2.00. The van der Waals surface area contributed by atoms with Gasteiger partial charge in [-0.2, -0.15) is 14.7 Å². The lowest BCUT2D eigenvalue weighted by molar-refractivity contribution is 0.384. The molecule has 0 saturated carbocycles. The minimum absolute atomic E-state index is 0.556. The molecule has 118 valence electrons. The molecule has 0 amide bonds. The highest BCUT2D eigenvalue weighted by molar-refractivity contribution is 9.11. The standard InChI is InChI=1S/C7H6BrN3O.C6H3BrClN3/c1-12-6-2-3-9-7-5(8)4-10-11(6)7;7-4-3-10-11-5(8)1-2-9-6(4)11/h2-4H,1H3;1-3H. The average Bonchev–Trinajstić information content (AvgIpc) is 3.13. The van der Waals surface area contributed by atoms with Crippen molar-refractivity contribution in [1.82, 2.24) is 29.2 Å². The van der Waals surface area contributed by atoms with Crippen LogP contribution in [0.1, 0.15) is 0 Å². The highest BCUT2D eigenvalue weighted by Crippen LogP contribution is 2.19. The first-order valence-electron chi connectivity index (χ1n) is 6.28. The van der Waals surface area contributed by atoms with Crippen LogP contribution in [0.15, 0.2) is 45.9 Å². The molecular formula is C13H9Br2ClN6O. The molecule has 0 spiro atoms. The van der Waals surface area contributed by atoms with Crippen LogP contribution >= 0.6 is 43.5 Å². The van der Waals surface area contributed by atoms with Gasteiger partial charge in [-0.25, -0.2) is 14.5 Å². The zero-order valence-electron chi connectivity index (χ0n) is 11.7. The SMILES string of the molecule is COc1ccnc2c(Br)cnn12.Clc1ccnc2c(Br)cnn12. The fourth-order valence-electron chi connectivity index (χ4n) is 1.83. The molecule has 0 aromatic carbocycles. The van der Waals surface area contributed by atoms with E-state index >= 15 is 0 Å². The Morgan fingerprint density at radius 2 is 1.52 bits per heavy atom. The minimum atomic E-state index is 0.556. The zero-order chi connectivity index (χ0) is 16.4. The van der Waals surface area contributed by atoms with Gasteiger partial charge in [0.25, 0.3) is 0 Å². The summed E-state index contributed by atoms with van der Waals surface area (Å²) < 4.78 is 9.98. The normalized spacial score (nSPS) is 10.6. The second-order valence-corrected chi connectivity index (χ2v) is 6.31. The van der Waals surface area contributed by atoms with Crippen molar-refractivity contribution in [3.63, 3.8) is 0 Å². The van der Waals surface area contributed by atoms with E-state index in [0.717, 1.165) is 20.2 Å². The van der Waals surface area contributed by atoms with Gasteiger partial charge in [0, 0.05) is 18.5 Å². The molecular weight excluding hydrogens is 451 g/mol. The van der Waals surface area contributed by atoms with Crippen LogP contribution in [-0.2, 0) is 0 Å². The van der Waals surface area contributed by atoms with Crippen molar-refractivity contribution >= 4 is 54.8 Å². The summed E-state index contributed by atoms with van der Waals surface area (Å²) in [4.78, 5) is 8.19. The molecule has 0 bridgehead atoms. The van der Waals surface area contributed by atoms with Gasteiger partial charge < -0.3 is 4.74 Å². The molecule has 0 atom stereocenters. The number of rotatable bonds is 1. The van der Waals surface area contributed by atoms with E-state index < -0.39 is 0 Å². The summed E-state index contributed by atoms with van der Waals surface area (Å²) in [6, 6.07) is 3.44. The maximum absolute atomic E-state index is 5.81. The van der Waals surface area contributed by atoms with Gasteiger partial charge in [0.15, 0.2) is 11.3 Å². The molecule has 4 aromatic heterocycles. The fourth-order valence-corrected chi connectivity index (χ4v) is 2.73. The third kappa shape index (κ3) is 3.17. The molecule has 0 saturated heterocycles. The zero-order valence-corrected chi connectivity index (χ0v) is 15.6. The van der Waals surface area contributed by atoms with Crippen LogP contribution in [0.5, 0.6) is 5.88 Å². The van der Waals surface area contributed by atoms with Crippen LogP contribution in [0.4, 0.5) is 0 Å². The molecule has 0 unspecified atom stereocenters. The predicted molar refractivity (Wildman–Crippen MR) is 92.9 cm³/mol. The molecule has 4 heterocycles. The maximum atomic E-state index is 5.81. The summed E-state index contributed by atoms with van der Waals surface area (Å²) in [7, 11) is 1.60. The summed E-state index contributed by atoms with van der Waals surface area (Å²) in [5.41, 5.74) is 1.49. The number of hydrogen-bond acceptors (Lipinski definition) is 5. The van der Waals surface area contributed by atoms with Crippen LogP contribution in [0, 0.1) is 0 Å². The number of nitrogens with zero attached hydrogens (tertiary/aromatic N) is 6. The molecule has 4 rings (SSSR count). The van der Waals surface area contributed by atoms with Gasteiger partial charge in [0.2, 0.25) is 5.88 Å². The van der Waals surface area contributed by atoms with E-state index in [-0.39, 0.29) is 0 Å². The molecule has 0 aliphatic carbocycles. The van der Waals surface area contributed by atoms with Gasteiger partial charge in [-0.1, -0.05) is 11.6 Å². The topological polar surface area (TPSA) is 69.6 Å². The number of fused-ring (bicyclic) bond motifs is 2. The first-order valence-corrected chi connectivity index (χ1v) is 8.24. The molecule has 0 N–H and O–H groups in total. The van der Waals surface area contributed by atoms with Gasteiger partial charge in [0.1, 0.15) is 5.15 Å². The Hall–Kier alpha value is -1.71. The van der Waals surface area contributed by atoms with Crippen molar-refractivity contribution in [2.75, 3.05) is 7.11 Å². The Morgan fingerprint density at radius 1 is 0.957 bits per heavy atom. The third-order valence-electron chi connectivity index (χ3n) is 2.84. The highest BCUT2D eigenvalue weighted by atomic mass is 79.9. The largest absolute Gasteiger partial charge is 0.481 e. The molecule has 0 radical (unpaired) electrons. The quantitative estimate of drug-likeness (QED) is 0.406. The maximum Gasteiger partial charge on any atom is 0.217 e. The molecule has 0 aliphatic heterocycles. The Bertz CT molecular complexity index is 970. The number of methoxy groups -OCH3 is 1. The van der Waals surface area contributed by atoms with Crippen LogP contribution < -0.4 is 4.74 Å². The Kier molecular flexibility index (Phi) is 4.79. The first kappa shape index (κ1) is 16.2. The molecule has 7 nitrogen and oxygen atoms in total. The van der Waals surface area contributed by atoms with E-state index in [2.05, 4.69) is 52.0 Å². The summed E-state index contributed by atoms with van der Waals surface area (Å²) in [5.74, 6) is 0.672. The van der Waals surface area contributed by atoms with E-state index in [1.165, 1.54) is 0 Å². The van der Waals surface area contributed by atoms with Crippen LogP contribution in [0.2, 0.25) is 5.15 Å². The van der Waals surface area contributed by atoms with Crippen molar-refractivity contribution in [3.05, 3.63) is 51.0 Å². The summed E-state index contributed by atoms with van der Waals surface area (Å²) >= 11 is 12.4. The van der Waals surface area contributed by atoms with Crippen LogP contribution in [-0.4, -0.2) is 36.3 Å². The highest BCUT2D eigenvalue weighted by Gasteiger charge is 2.05. The van der Waals surface area contributed by atoms with E-state index in [0.29, 0.717) is 11.0 Å². The van der Waals surface area contributed by atoms with Gasteiger partial charge in [-0.3, -0.25) is 0 Å². The molecule has 23 heavy (non-hydrogen) atoms. The van der Waals surface area contributed by atoms with Gasteiger partial charge in [-0.05, 0) is 37.9 Å². The van der Waals surface area contributed by atoms with Crippen molar-refractivity contribution in [2.24, 2.45) is 0 Å². The Balaban J connectivity index is 0.000000136. The lowest BCUT2D eigenvalue weighted by atomic mass is 10.6. The number of hydrogen-bond donors (Lipinski definition) is 0. The first-order chi connectivity index (χ1) is 11.1. The summed E-state index contributed by atoms with van der Waals surface area (Å²) in [5, 5.41) is 8.62. The van der Waals surface area contributed by atoms with Crippen molar-refractivity contribution < 1.29 is 4.74 Å². The molecule has 4 aromatic rings. The second-order valence-electron chi connectivity index (χ2n) is 4.21. The molecule has 0 aliphatic rings. The third-order valence-corrected chi connectivity index (χ3v) is 4.25. The van der Waals surface area contributed by atoms with Gasteiger partial charge in [0.05, 0.1) is 28.4 Å². The van der Waals surface area contributed by atoms with Crippen LogP contribution in [0.25, 0.3) is 11.3 Å². The van der Waals surface area contributed by atoms with E-state index in [1.807, 2.05) is 0 Å². The van der Waals surface area contributed by atoms with Crippen molar-refractivity contribution in [2.45, 2.75) is 0 Å². The average molecular weight is 461 g/mol. The number of ether oxygens (including phenoxy) is 1. The Morgan fingerprint density at radius 3 is 2.13 bits per heavy atom. The van der Waals surface area contributed by atoms with Crippen LogP contribution in [0.3, 0.4) is 0 Å². The molecule has 0 fully saturated rings. The summed E-state index contributed by atoms with van der Waals surface area (Å²) in [6.45, 7) is 0. The van der Waals surface area contributed by atoms with E-state index in [9.17, 15) is 0 Å². The number of halogens is 3. The van der Waals surface area contributed by atoms with Gasteiger partial charge in [-0.15, -0.1) is 0 Å². The van der Waals surface area contributed by atoms with Gasteiger partial charge >= 0.3 is 0 Å². The van der Waals surface area contributed by atoms with E-state index in [4.69, 9.17) is 16.3 Å². The smallest absolute Gasteiger partial charge is 0.217 e. The summed E-state index contributed by atoms with van der Waals surface area (Å²) in [6.07, 6.45) is 6.67. The fraction of sp³-hybridized carbons (Fsp3) is 0.0769. The van der Waals surface area contributed by atoms with Crippen molar-refractivity contribution in [3.8, 4) is 5.88 Å². The second kappa shape index (κ2) is 6.81. The monoisotopic (exact) mass is 458 g/mol. The number of aromatic nitrogens is 6. The van der Waals surface area contributed by atoms with E-state index in [1.54, 1.807) is 53.1 Å². The minimum Gasteiger partial charge on any atom is -0.481 e. The van der Waals surface area contributed by atoms with Crippen molar-refractivity contribution in [1.29, 1.82) is 0 Å².